The quantitative estimate of drug-likeness (QED) is 0.281. The standard InChI is InChI=1S/C33H45ClF3N3O3/c1-22-7-5-10-28(30(22)23-11-13-27(14-12-23)43-33(35,36)37)31(32(41)42)39(4)18-17-29(24-8-6-9-25(34)21-24)40-19-15-26(16-20-40)38(2)3/h5-10,21,23,26-27,29,31H,11-20H2,1-4H3,(H,41,42)/t23?,27?,29-,31-/m0/s1. The maximum Gasteiger partial charge on any atom is 0.522 e. The lowest BCUT2D eigenvalue weighted by molar-refractivity contribution is -0.345. The number of alkyl halides is 3. The first kappa shape index (κ1) is 33.7. The lowest BCUT2D eigenvalue weighted by atomic mass is 9.77. The van der Waals surface area contributed by atoms with Gasteiger partial charge in [0.2, 0.25) is 0 Å². The molecular weight excluding hydrogens is 579 g/mol. The van der Waals surface area contributed by atoms with Crippen molar-refractivity contribution in [2.45, 2.75) is 88.4 Å². The zero-order chi connectivity index (χ0) is 31.3. The van der Waals surface area contributed by atoms with Gasteiger partial charge in [-0.3, -0.25) is 19.3 Å². The highest BCUT2D eigenvalue weighted by Gasteiger charge is 2.37. The number of likely N-dealkylation sites (N-methyl/N-ethyl adjacent to an activating group) is 1. The predicted molar refractivity (Wildman–Crippen MR) is 163 cm³/mol. The number of aryl methyl sites for hydroxylation is 1. The monoisotopic (exact) mass is 623 g/mol. The van der Waals surface area contributed by atoms with Crippen molar-refractivity contribution in [1.82, 2.24) is 14.7 Å². The van der Waals surface area contributed by atoms with E-state index >= 15 is 0 Å². The Labute approximate surface area is 258 Å². The number of aliphatic carboxylic acids is 1. The number of likely N-dealkylation sites (tertiary alicyclic amines) is 1. The van der Waals surface area contributed by atoms with E-state index in [1.54, 1.807) is 0 Å². The molecule has 0 bridgehead atoms. The van der Waals surface area contributed by atoms with Gasteiger partial charge in [0.15, 0.2) is 0 Å². The van der Waals surface area contributed by atoms with Crippen molar-refractivity contribution >= 4 is 17.6 Å². The molecule has 0 amide bonds. The van der Waals surface area contributed by atoms with E-state index in [0.717, 1.165) is 54.6 Å². The molecule has 1 heterocycles. The molecule has 0 spiro atoms. The smallest absolute Gasteiger partial charge is 0.480 e. The van der Waals surface area contributed by atoms with Crippen LogP contribution in [-0.2, 0) is 9.53 Å². The fourth-order valence-corrected chi connectivity index (χ4v) is 7.36. The summed E-state index contributed by atoms with van der Waals surface area (Å²) in [6.45, 7) is 4.41. The van der Waals surface area contributed by atoms with E-state index < -0.39 is 24.5 Å². The highest BCUT2D eigenvalue weighted by molar-refractivity contribution is 6.30. The van der Waals surface area contributed by atoms with Gasteiger partial charge in [-0.1, -0.05) is 41.9 Å². The van der Waals surface area contributed by atoms with Crippen molar-refractivity contribution in [3.05, 3.63) is 69.7 Å². The second-order valence-corrected chi connectivity index (χ2v) is 12.9. The number of ether oxygens (including phenoxy) is 1. The van der Waals surface area contributed by atoms with E-state index in [1.165, 1.54) is 0 Å². The highest BCUT2D eigenvalue weighted by Crippen LogP contribution is 2.41. The molecule has 0 unspecified atom stereocenters. The van der Waals surface area contributed by atoms with Crippen LogP contribution in [0.1, 0.15) is 85.2 Å². The first-order valence-electron chi connectivity index (χ1n) is 15.3. The molecule has 2 atom stereocenters. The number of carboxylic acid groups (broad SMARTS) is 1. The molecule has 43 heavy (non-hydrogen) atoms. The maximum atomic E-state index is 12.8. The van der Waals surface area contributed by atoms with Gasteiger partial charge >= 0.3 is 12.3 Å². The Hall–Kier alpha value is -2.17. The zero-order valence-electron chi connectivity index (χ0n) is 25.6. The Kier molecular flexibility index (Phi) is 11.6. The normalized spacial score (nSPS) is 22.2. The SMILES string of the molecule is Cc1cccc([C@@H](C(=O)O)N(C)CC[C@@H](c2cccc(Cl)c2)N2CCC(N(C)C)CC2)c1C1CCC(OC(F)(F)F)CC1. The topological polar surface area (TPSA) is 56.2 Å². The minimum Gasteiger partial charge on any atom is -0.480 e. The van der Waals surface area contributed by atoms with Crippen molar-refractivity contribution in [3.8, 4) is 0 Å². The minimum absolute atomic E-state index is 0.0169. The van der Waals surface area contributed by atoms with Gasteiger partial charge in [0.05, 0.1) is 6.10 Å². The molecule has 1 saturated heterocycles. The van der Waals surface area contributed by atoms with Gasteiger partial charge in [-0.05, 0) is 113 Å². The molecular formula is C33H45ClF3N3O3. The molecule has 1 saturated carbocycles. The number of hydrogen-bond donors (Lipinski definition) is 1. The van der Waals surface area contributed by atoms with Crippen LogP contribution in [0.4, 0.5) is 13.2 Å². The van der Waals surface area contributed by atoms with Crippen LogP contribution in [-0.4, -0.2) is 85.1 Å². The van der Waals surface area contributed by atoms with Crippen LogP contribution in [0.25, 0.3) is 0 Å². The molecule has 6 nitrogen and oxygen atoms in total. The number of nitrogens with zero attached hydrogens (tertiary/aromatic N) is 3. The average molecular weight is 624 g/mol. The van der Waals surface area contributed by atoms with Crippen molar-refractivity contribution in [1.29, 1.82) is 0 Å². The molecule has 1 N–H and O–H groups in total. The average Bonchev–Trinajstić information content (AvgIpc) is 2.93. The van der Waals surface area contributed by atoms with E-state index in [0.29, 0.717) is 30.5 Å². The van der Waals surface area contributed by atoms with Gasteiger partial charge < -0.3 is 10.0 Å². The largest absolute Gasteiger partial charge is 0.522 e. The molecule has 4 rings (SSSR count). The Balaban J connectivity index is 1.53. The van der Waals surface area contributed by atoms with Crippen LogP contribution in [0.3, 0.4) is 0 Å². The summed E-state index contributed by atoms with van der Waals surface area (Å²) >= 11 is 6.40. The number of piperidine rings is 1. The van der Waals surface area contributed by atoms with Crippen LogP contribution in [0, 0.1) is 6.92 Å². The molecule has 10 heteroatoms. The van der Waals surface area contributed by atoms with Crippen molar-refractivity contribution < 1.29 is 27.8 Å². The van der Waals surface area contributed by atoms with E-state index in [9.17, 15) is 23.1 Å². The molecule has 0 radical (unpaired) electrons. The molecule has 2 aliphatic rings. The number of carboxylic acids is 1. The van der Waals surface area contributed by atoms with Crippen LogP contribution >= 0.6 is 11.6 Å². The molecule has 1 aliphatic carbocycles. The van der Waals surface area contributed by atoms with E-state index in [1.807, 2.05) is 55.3 Å². The number of halogens is 4. The minimum atomic E-state index is -4.65. The van der Waals surface area contributed by atoms with Gasteiger partial charge in [-0.2, -0.15) is 0 Å². The van der Waals surface area contributed by atoms with Crippen LogP contribution in [0.15, 0.2) is 42.5 Å². The third kappa shape index (κ3) is 8.94. The first-order chi connectivity index (χ1) is 20.3. The van der Waals surface area contributed by atoms with Gasteiger partial charge in [-0.25, -0.2) is 0 Å². The van der Waals surface area contributed by atoms with Gasteiger partial charge in [0.25, 0.3) is 0 Å². The molecule has 2 aromatic carbocycles. The summed E-state index contributed by atoms with van der Waals surface area (Å²) in [6.07, 6.45) is -1.01. The Morgan fingerprint density at radius 3 is 2.28 bits per heavy atom. The van der Waals surface area contributed by atoms with Crippen molar-refractivity contribution in [2.75, 3.05) is 40.8 Å². The fraction of sp³-hybridized carbons (Fsp3) is 0.606. The third-order valence-corrected chi connectivity index (χ3v) is 9.60. The zero-order valence-corrected chi connectivity index (χ0v) is 26.4. The van der Waals surface area contributed by atoms with Crippen LogP contribution in [0.5, 0.6) is 0 Å². The molecule has 2 fully saturated rings. The Bertz CT molecular complexity index is 1210. The summed E-state index contributed by atoms with van der Waals surface area (Å²) in [4.78, 5) is 19.5. The lowest BCUT2D eigenvalue weighted by Gasteiger charge is -2.40. The molecule has 1 aliphatic heterocycles. The second-order valence-electron chi connectivity index (χ2n) is 12.4. The van der Waals surface area contributed by atoms with Gasteiger partial charge in [0, 0.05) is 36.7 Å². The molecule has 2 aromatic rings. The lowest BCUT2D eigenvalue weighted by Crippen LogP contribution is -2.44. The van der Waals surface area contributed by atoms with E-state index in [2.05, 4.69) is 34.7 Å². The summed E-state index contributed by atoms with van der Waals surface area (Å²) in [5, 5.41) is 11.2. The Morgan fingerprint density at radius 2 is 1.70 bits per heavy atom. The fourth-order valence-electron chi connectivity index (χ4n) is 7.16. The van der Waals surface area contributed by atoms with Gasteiger partial charge in [0.1, 0.15) is 6.04 Å². The highest BCUT2D eigenvalue weighted by atomic mass is 35.5. The number of rotatable bonds is 11. The molecule has 238 valence electrons. The van der Waals surface area contributed by atoms with E-state index in [4.69, 9.17) is 11.6 Å². The summed E-state index contributed by atoms with van der Waals surface area (Å²) in [7, 11) is 6.10. The maximum absolute atomic E-state index is 12.8. The van der Waals surface area contributed by atoms with Crippen LogP contribution < -0.4 is 0 Å². The predicted octanol–water partition coefficient (Wildman–Crippen LogP) is 7.43. The summed E-state index contributed by atoms with van der Waals surface area (Å²) in [5.41, 5.74) is 3.77. The van der Waals surface area contributed by atoms with Gasteiger partial charge in [-0.15, -0.1) is 13.2 Å². The molecule has 0 aromatic heterocycles. The Morgan fingerprint density at radius 1 is 1.05 bits per heavy atom. The summed E-state index contributed by atoms with van der Waals surface area (Å²) in [5.74, 6) is -0.953. The second kappa shape index (κ2) is 14.7. The van der Waals surface area contributed by atoms with Crippen molar-refractivity contribution in [2.24, 2.45) is 0 Å². The number of carbonyl (C=O) groups is 1. The first-order valence-corrected chi connectivity index (χ1v) is 15.6. The van der Waals surface area contributed by atoms with E-state index in [-0.39, 0.29) is 24.8 Å². The van der Waals surface area contributed by atoms with Crippen molar-refractivity contribution in [3.63, 3.8) is 0 Å². The summed E-state index contributed by atoms with van der Waals surface area (Å²) in [6, 6.07) is 13.4. The number of benzene rings is 2. The van der Waals surface area contributed by atoms with Crippen LogP contribution in [0.2, 0.25) is 5.02 Å². The summed E-state index contributed by atoms with van der Waals surface area (Å²) < 4.78 is 42.7. The third-order valence-electron chi connectivity index (χ3n) is 9.37. The number of hydrogen-bond acceptors (Lipinski definition) is 5.